The molecule has 0 atom stereocenters. The average molecular weight is 609 g/mol. The molecule has 0 saturated carbocycles. The number of hydrogen-bond acceptors (Lipinski definition) is 8. The van der Waals surface area contributed by atoms with E-state index in [0.29, 0.717) is 10.9 Å². The number of nitrogens with one attached hydrogen (secondary N) is 1. The third-order valence-corrected chi connectivity index (χ3v) is 6.25. The molecule has 0 amide bonds. The highest BCUT2D eigenvalue weighted by Gasteiger charge is 2.25. The molecule has 176 valence electrons. The van der Waals surface area contributed by atoms with Crippen molar-refractivity contribution in [2.75, 3.05) is 31.0 Å². The van der Waals surface area contributed by atoms with Crippen LogP contribution in [-0.4, -0.2) is 55.1 Å². The first kappa shape index (κ1) is 17.1. The van der Waals surface area contributed by atoms with Crippen molar-refractivity contribution >= 4 is 47.9 Å². The number of hydrogen-bond donors (Lipinski definition) is 1. The summed E-state index contributed by atoms with van der Waals surface area (Å²) in [5.74, 6) is -1.00. The van der Waals surface area contributed by atoms with Crippen LogP contribution in [0, 0.1) is 0 Å². The van der Waals surface area contributed by atoms with E-state index in [1.54, 1.807) is 19.1 Å². The predicted octanol–water partition coefficient (Wildman–Crippen LogP) is 3.60. The van der Waals surface area contributed by atoms with E-state index in [0.717, 1.165) is 4.31 Å². The van der Waals surface area contributed by atoms with Crippen molar-refractivity contribution in [2.24, 2.45) is 0 Å². The van der Waals surface area contributed by atoms with E-state index < -0.39 is 53.9 Å². The maximum absolute atomic E-state index is 12.9. The Bertz CT molecular complexity index is 1480. The van der Waals surface area contributed by atoms with Crippen LogP contribution >= 0.6 is 31.9 Å². The van der Waals surface area contributed by atoms with Gasteiger partial charge in [-0.25, -0.2) is 24.2 Å². The van der Waals surface area contributed by atoms with E-state index in [-0.39, 0.29) is 28.0 Å². The minimum Gasteiger partial charge on any atom is -0.473 e. The van der Waals surface area contributed by atoms with Crippen LogP contribution in [0.4, 0.5) is 5.82 Å². The highest BCUT2D eigenvalue weighted by atomic mass is 79.9. The molecule has 2 aromatic heterocycles. The van der Waals surface area contributed by atoms with Gasteiger partial charge in [-0.3, -0.25) is 0 Å². The summed E-state index contributed by atoms with van der Waals surface area (Å²) in [4.78, 5) is 14.9. The van der Waals surface area contributed by atoms with Gasteiger partial charge in [0.1, 0.15) is 20.8 Å². The van der Waals surface area contributed by atoms with Gasteiger partial charge in [0, 0.05) is 30.4 Å². The highest BCUT2D eigenvalue weighted by molar-refractivity contribution is 9.10. The third-order valence-electron chi connectivity index (χ3n) is 3.90. The fourth-order valence-electron chi connectivity index (χ4n) is 2.36. The van der Waals surface area contributed by atoms with Crippen molar-refractivity contribution in [3.63, 3.8) is 0 Å². The van der Waals surface area contributed by atoms with Gasteiger partial charge in [-0.2, -0.15) is 13.1 Å². The lowest BCUT2D eigenvalue weighted by Crippen LogP contribution is -2.39. The molecule has 1 aromatic carbocycles. The summed E-state index contributed by atoms with van der Waals surface area (Å²) >= 11 is 6.23. The summed E-state index contributed by atoms with van der Waals surface area (Å²) in [6.07, 6.45) is -1.24. The topological polar surface area (TPSA) is 119 Å². The van der Waals surface area contributed by atoms with Crippen molar-refractivity contribution < 1.29 is 27.5 Å². The van der Waals surface area contributed by atoms with Crippen LogP contribution in [0.5, 0.6) is 11.9 Å². The minimum absolute atomic E-state index is 0.0807. The predicted molar refractivity (Wildman–Crippen MR) is 132 cm³/mol. The van der Waals surface area contributed by atoms with Crippen molar-refractivity contribution in [1.29, 1.82) is 0 Å². The van der Waals surface area contributed by atoms with Gasteiger partial charge in [0.15, 0.2) is 5.82 Å². The Hall–Kier alpha value is -2.35. The van der Waals surface area contributed by atoms with Crippen LogP contribution in [-0.2, 0) is 10.2 Å². The van der Waals surface area contributed by atoms with Gasteiger partial charge in [-0.1, -0.05) is 35.0 Å². The Morgan fingerprint density at radius 1 is 1.06 bits per heavy atom. The number of aromatic nitrogens is 4. The van der Waals surface area contributed by atoms with Crippen molar-refractivity contribution in [1.82, 2.24) is 24.7 Å². The molecule has 13 heteroatoms. The standard InChI is InChI=1S/C20H22Br2N6O4S/c1-3-8-27-33(29,30)28(2)18-17(14-4-6-15(21)7-5-14)19(26-13-25-18)31-9-10-32-20-23-11-16(22)12-24-20/h4-7,11-13,27H,3,8-10H2,1-2H3/i9D2,10D2,11D,12D,13D. The molecule has 0 aliphatic heterocycles. The van der Waals surface area contributed by atoms with Gasteiger partial charge >= 0.3 is 16.2 Å². The van der Waals surface area contributed by atoms with Crippen LogP contribution in [0.15, 0.2) is 51.9 Å². The van der Waals surface area contributed by atoms with Crippen molar-refractivity contribution in [3.05, 3.63) is 51.9 Å². The maximum Gasteiger partial charge on any atom is 0.316 e. The summed E-state index contributed by atoms with van der Waals surface area (Å²) in [5, 5.41) is 0. The molecule has 0 aliphatic rings. The monoisotopic (exact) mass is 607 g/mol. The van der Waals surface area contributed by atoms with Crippen LogP contribution < -0.4 is 18.5 Å². The Balaban J connectivity index is 2.13. The summed E-state index contributed by atoms with van der Waals surface area (Å²) in [6.45, 7) is -4.83. The van der Waals surface area contributed by atoms with E-state index >= 15 is 0 Å². The lowest BCUT2D eigenvalue weighted by atomic mass is 10.1. The number of nitrogens with zero attached hydrogens (tertiary/aromatic N) is 5. The molecule has 33 heavy (non-hydrogen) atoms. The number of rotatable bonds is 11. The Morgan fingerprint density at radius 3 is 2.39 bits per heavy atom. The van der Waals surface area contributed by atoms with Gasteiger partial charge < -0.3 is 9.47 Å². The average Bonchev–Trinajstić information content (AvgIpc) is 2.85. The van der Waals surface area contributed by atoms with Crippen molar-refractivity contribution in [2.45, 2.75) is 13.3 Å². The quantitative estimate of drug-likeness (QED) is 0.351. The van der Waals surface area contributed by atoms with Crippen molar-refractivity contribution in [3.8, 4) is 23.0 Å². The van der Waals surface area contributed by atoms with Crippen LogP contribution in [0.3, 0.4) is 0 Å². The zero-order valence-electron chi connectivity index (χ0n) is 24.3. The summed E-state index contributed by atoms with van der Waals surface area (Å²) < 4.78 is 96.4. The normalized spacial score (nSPS) is 15.2. The molecule has 1 N–H and O–H groups in total. The summed E-state index contributed by atoms with van der Waals surface area (Å²) in [5.41, 5.74) is 0.103. The first-order valence-corrected chi connectivity index (χ1v) is 12.3. The van der Waals surface area contributed by atoms with Gasteiger partial charge in [0.05, 0.1) is 18.3 Å². The van der Waals surface area contributed by atoms with Crippen LogP contribution in [0.25, 0.3) is 11.1 Å². The number of ether oxygens (including phenoxy) is 2. The zero-order valence-corrected chi connectivity index (χ0v) is 21.2. The molecule has 2 heterocycles. The zero-order chi connectivity index (χ0) is 30.0. The van der Waals surface area contributed by atoms with Gasteiger partial charge in [0.2, 0.25) is 5.88 Å². The second-order valence-corrected chi connectivity index (χ2v) is 9.65. The van der Waals surface area contributed by atoms with Gasteiger partial charge in [0.25, 0.3) is 0 Å². The Labute approximate surface area is 219 Å². The molecule has 10 nitrogen and oxygen atoms in total. The highest BCUT2D eigenvalue weighted by Crippen LogP contribution is 2.36. The lowest BCUT2D eigenvalue weighted by molar-refractivity contribution is 0.202. The first-order valence-electron chi connectivity index (χ1n) is 12.8. The summed E-state index contributed by atoms with van der Waals surface area (Å²) in [7, 11) is -3.00. The number of benzene rings is 1. The van der Waals surface area contributed by atoms with E-state index in [4.69, 9.17) is 19.1 Å². The Kier molecular flexibility index (Phi) is 6.07. The molecular weight excluding hydrogens is 580 g/mol. The fraction of sp³-hybridized carbons (Fsp3) is 0.300. The molecule has 0 aliphatic carbocycles. The second kappa shape index (κ2) is 11.7. The second-order valence-electron chi connectivity index (χ2n) is 6.15. The molecule has 0 saturated heterocycles. The smallest absolute Gasteiger partial charge is 0.316 e. The maximum atomic E-state index is 12.9. The number of anilines is 1. The number of halogens is 2. The van der Waals surface area contributed by atoms with E-state index in [1.807, 2.05) is 0 Å². The largest absolute Gasteiger partial charge is 0.473 e. The van der Waals surface area contributed by atoms with E-state index in [9.17, 15) is 8.42 Å². The van der Waals surface area contributed by atoms with Crippen LogP contribution in [0.1, 0.15) is 22.9 Å². The molecular formula is C20H22Br2N6O4S. The molecule has 0 fully saturated rings. The Morgan fingerprint density at radius 2 is 1.73 bits per heavy atom. The molecule has 3 rings (SSSR count). The molecule has 0 radical (unpaired) electrons. The summed E-state index contributed by atoms with van der Waals surface area (Å²) in [6, 6.07) is 5.48. The first-order chi connectivity index (χ1) is 18.5. The minimum atomic E-state index is -4.18. The third kappa shape index (κ3) is 6.82. The molecule has 0 bridgehead atoms. The fourth-order valence-corrected chi connectivity index (χ4v) is 3.82. The van der Waals surface area contributed by atoms with E-state index in [2.05, 4.69) is 56.5 Å². The van der Waals surface area contributed by atoms with Crippen LogP contribution in [0.2, 0.25) is 0 Å². The molecule has 3 aromatic rings. The van der Waals surface area contributed by atoms with Gasteiger partial charge in [-0.15, -0.1) is 0 Å². The lowest BCUT2D eigenvalue weighted by Gasteiger charge is -2.22. The molecule has 0 unspecified atom stereocenters. The molecule has 0 spiro atoms. The SMILES string of the molecule is [2H]c1nc(OC([2H])([2H])C([2H])([2H])Oc2nc([2H])c(Br)c([2H])n2)c(-c2ccc(Br)cc2)c(N(C)S(=O)(=O)NCCC)n1. The van der Waals surface area contributed by atoms with E-state index in [1.165, 1.54) is 19.2 Å². The van der Waals surface area contributed by atoms with Gasteiger partial charge in [-0.05, 0) is 40.0 Å².